The third-order valence-electron chi connectivity index (χ3n) is 2.63. The van der Waals surface area contributed by atoms with Gasteiger partial charge in [-0.1, -0.05) is 17.7 Å². The standard InChI is InChI=1S/C13H13ClN2O2S/c1-9-2-3-10(14)8-13(9)16-19(17,18)12-6-4-11(15)5-7-12/h2-8,16H,15H2,1H3. The molecule has 0 spiro atoms. The van der Waals surface area contributed by atoms with E-state index in [2.05, 4.69) is 4.72 Å². The Morgan fingerprint density at radius 3 is 2.37 bits per heavy atom. The van der Waals surface area contributed by atoms with Crippen LogP contribution in [0.4, 0.5) is 11.4 Å². The van der Waals surface area contributed by atoms with Gasteiger partial charge in [0.25, 0.3) is 10.0 Å². The molecule has 0 saturated carbocycles. The number of nitrogen functional groups attached to an aromatic ring is 1. The number of rotatable bonds is 3. The van der Waals surface area contributed by atoms with Crippen molar-refractivity contribution in [2.24, 2.45) is 0 Å². The quantitative estimate of drug-likeness (QED) is 0.855. The lowest BCUT2D eigenvalue weighted by atomic mass is 10.2. The van der Waals surface area contributed by atoms with Crippen LogP contribution in [0.15, 0.2) is 47.4 Å². The maximum absolute atomic E-state index is 12.2. The number of sulfonamides is 1. The third-order valence-corrected chi connectivity index (χ3v) is 4.25. The van der Waals surface area contributed by atoms with Crippen molar-refractivity contribution in [1.82, 2.24) is 0 Å². The van der Waals surface area contributed by atoms with Crippen LogP contribution in [0.5, 0.6) is 0 Å². The molecule has 2 aromatic rings. The normalized spacial score (nSPS) is 11.3. The third kappa shape index (κ3) is 3.19. The Labute approximate surface area is 117 Å². The first kappa shape index (κ1) is 13.7. The molecule has 6 heteroatoms. The van der Waals surface area contributed by atoms with Gasteiger partial charge in [-0.05, 0) is 48.9 Å². The van der Waals surface area contributed by atoms with Gasteiger partial charge in [-0.3, -0.25) is 4.72 Å². The second-order valence-corrected chi connectivity index (χ2v) is 6.25. The van der Waals surface area contributed by atoms with Crippen LogP contribution < -0.4 is 10.5 Å². The number of nitrogens with two attached hydrogens (primary N) is 1. The van der Waals surface area contributed by atoms with Gasteiger partial charge < -0.3 is 5.73 Å². The molecule has 2 rings (SSSR count). The SMILES string of the molecule is Cc1ccc(Cl)cc1NS(=O)(=O)c1ccc(N)cc1. The monoisotopic (exact) mass is 296 g/mol. The Morgan fingerprint density at radius 2 is 1.74 bits per heavy atom. The first-order valence-corrected chi connectivity index (χ1v) is 7.39. The Kier molecular flexibility index (Phi) is 3.68. The highest BCUT2D eigenvalue weighted by Crippen LogP contribution is 2.23. The fourth-order valence-electron chi connectivity index (χ4n) is 1.55. The van der Waals surface area contributed by atoms with E-state index < -0.39 is 10.0 Å². The minimum absolute atomic E-state index is 0.154. The van der Waals surface area contributed by atoms with Crippen molar-refractivity contribution >= 4 is 33.0 Å². The maximum Gasteiger partial charge on any atom is 0.261 e. The molecular formula is C13H13ClN2O2S. The van der Waals surface area contributed by atoms with Gasteiger partial charge in [0, 0.05) is 10.7 Å². The summed E-state index contributed by atoms with van der Waals surface area (Å²) >= 11 is 5.86. The van der Waals surface area contributed by atoms with Gasteiger partial charge in [0.15, 0.2) is 0 Å². The summed E-state index contributed by atoms with van der Waals surface area (Å²) in [4.78, 5) is 0.154. The van der Waals surface area contributed by atoms with E-state index >= 15 is 0 Å². The van der Waals surface area contributed by atoms with E-state index in [0.29, 0.717) is 16.4 Å². The van der Waals surface area contributed by atoms with Crippen molar-refractivity contribution in [3.8, 4) is 0 Å². The molecular weight excluding hydrogens is 284 g/mol. The molecule has 0 unspecified atom stereocenters. The second-order valence-electron chi connectivity index (χ2n) is 4.13. The van der Waals surface area contributed by atoms with Crippen LogP contribution in [0, 0.1) is 6.92 Å². The van der Waals surface area contributed by atoms with E-state index in [0.717, 1.165) is 5.56 Å². The second kappa shape index (κ2) is 5.11. The fraction of sp³-hybridized carbons (Fsp3) is 0.0769. The van der Waals surface area contributed by atoms with Crippen molar-refractivity contribution in [2.45, 2.75) is 11.8 Å². The summed E-state index contributed by atoms with van der Waals surface area (Å²) in [5.41, 5.74) is 7.30. The number of aryl methyl sites for hydroxylation is 1. The number of hydrogen-bond donors (Lipinski definition) is 2. The van der Waals surface area contributed by atoms with Gasteiger partial charge in [-0.15, -0.1) is 0 Å². The number of halogens is 1. The summed E-state index contributed by atoms with van der Waals surface area (Å²) in [7, 11) is -3.63. The van der Waals surface area contributed by atoms with E-state index in [1.165, 1.54) is 12.1 Å². The molecule has 2 aromatic carbocycles. The summed E-state index contributed by atoms with van der Waals surface area (Å²) < 4.78 is 26.9. The summed E-state index contributed by atoms with van der Waals surface area (Å²) in [6, 6.07) is 11.0. The molecule has 4 nitrogen and oxygen atoms in total. The summed E-state index contributed by atoms with van der Waals surface area (Å²) in [5, 5.41) is 0.473. The molecule has 19 heavy (non-hydrogen) atoms. The number of benzene rings is 2. The van der Waals surface area contributed by atoms with E-state index in [1.54, 1.807) is 37.3 Å². The van der Waals surface area contributed by atoms with Crippen molar-refractivity contribution in [3.63, 3.8) is 0 Å². The van der Waals surface area contributed by atoms with Crippen molar-refractivity contribution < 1.29 is 8.42 Å². The first-order valence-electron chi connectivity index (χ1n) is 5.53. The van der Waals surface area contributed by atoms with E-state index in [1.807, 2.05) is 0 Å². The topological polar surface area (TPSA) is 72.2 Å². The van der Waals surface area contributed by atoms with E-state index in [-0.39, 0.29) is 4.90 Å². The van der Waals surface area contributed by atoms with Crippen molar-refractivity contribution in [3.05, 3.63) is 53.1 Å². The molecule has 0 heterocycles. The first-order chi connectivity index (χ1) is 8.88. The van der Waals surface area contributed by atoms with Crippen LogP contribution >= 0.6 is 11.6 Å². The smallest absolute Gasteiger partial charge is 0.261 e. The zero-order valence-corrected chi connectivity index (χ0v) is 11.8. The molecule has 0 radical (unpaired) electrons. The highest BCUT2D eigenvalue weighted by atomic mass is 35.5. The molecule has 0 fully saturated rings. The van der Waals surface area contributed by atoms with Crippen LogP contribution in [0.25, 0.3) is 0 Å². The lowest BCUT2D eigenvalue weighted by Gasteiger charge is -2.11. The average Bonchev–Trinajstić information content (AvgIpc) is 2.34. The van der Waals surface area contributed by atoms with Crippen LogP contribution in [0.3, 0.4) is 0 Å². The van der Waals surface area contributed by atoms with Gasteiger partial charge in [0.05, 0.1) is 10.6 Å². The minimum Gasteiger partial charge on any atom is -0.399 e. The molecule has 3 N–H and O–H groups in total. The molecule has 0 bridgehead atoms. The Bertz CT molecular complexity index is 697. The molecule has 0 aliphatic heterocycles. The molecule has 0 aromatic heterocycles. The Balaban J connectivity index is 2.36. The van der Waals surface area contributed by atoms with Gasteiger partial charge in [0.2, 0.25) is 0 Å². The predicted octanol–water partition coefficient (Wildman–Crippen LogP) is 3.03. The summed E-state index contributed by atoms with van der Waals surface area (Å²) in [5.74, 6) is 0. The minimum atomic E-state index is -3.63. The van der Waals surface area contributed by atoms with Gasteiger partial charge in [-0.2, -0.15) is 0 Å². The van der Waals surface area contributed by atoms with Crippen LogP contribution in [0.1, 0.15) is 5.56 Å². The zero-order valence-electron chi connectivity index (χ0n) is 10.2. The highest BCUT2D eigenvalue weighted by molar-refractivity contribution is 7.92. The number of nitrogens with one attached hydrogen (secondary N) is 1. The molecule has 0 atom stereocenters. The Hall–Kier alpha value is -1.72. The van der Waals surface area contributed by atoms with Gasteiger partial charge >= 0.3 is 0 Å². The lowest BCUT2D eigenvalue weighted by Crippen LogP contribution is -2.13. The molecule has 0 amide bonds. The van der Waals surface area contributed by atoms with Crippen LogP contribution in [-0.4, -0.2) is 8.42 Å². The molecule has 0 saturated heterocycles. The molecule has 100 valence electrons. The van der Waals surface area contributed by atoms with E-state index in [9.17, 15) is 8.42 Å². The largest absolute Gasteiger partial charge is 0.399 e. The van der Waals surface area contributed by atoms with Gasteiger partial charge in [0.1, 0.15) is 0 Å². The average molecular weight is 297 g/mol. The van der Waals surface area contributed by atoms with Crippen LogP contribution in [0.2, 0.25) is 5.02 Å². The number of hydrogen-bond acceptors (Lipinski definition) is 3. The van der Waals surface area contributed by atoms with Gasteiger partial charge in [-0.25, -0.2) is 8.42 Å². The molecule has 0 aliphatic carbocycles. The fourth-order valence-corrected chi connectivity index (χ4v) is 2.85. The summed E-state index contributed by atoms with van der Waals surface area (Å²) in [6.45, 7) is 1.80. The number of anilines is 2. The van der Waals surface area contributed by atoms with Crippen LogP contribution in [-0.2, 0) is 10.0 Å². The lowest BCUT2D eigenvalue weighted by molar-refractivity contribution is 0.601. The zero-order chi connectivity index (χ0) is 14.0. The van der Waals surface area contributed by atoms with Crippen molar-refractivity contribution in [2.75, 3.05) is 10.5 Å². The predicted molar refractivity (Wildman–Crippen MR) is 77.9 cm³/mol. The highest BCUT2D eigenvalue weighted by Gasteiger charge is 2.15. The van der Waals surface area contributed by atoms with E-state index in [4.69, 9.17) is 17.3 Å². The van der Waals surface area contributed by atoms with Crippen molar-refractivity contribution in [1.29, 1.82) is 0 Å². The summed E-state index contributed by atoms with van der Waals surface area (Å²) in [6.07, 6.45) is 0. The maximum atomic E-state index is 12.2. The Morgan fingerprint density at radius 1 is 1.11 bits per heavy atom. The molecule has 0 aliphatic rings.